The van der Waals surface area contributed by atoms with E-state index in [1.54, 1.807) is 13.0 Å². The maximum Gasteiger partial charge on any atom is 0.338 e. The van der Waals surface area contributed by atoms with Crippen molar-refractivity contribution < 1.29 is 14.5 Å². The van der Waals surface area contributed by atoms with Crippen LogP contribution in [0.15, 0.2) is 59.8 Å². The van der Waals surface area contributed by atoms with Gasteiger partial charge in [0, 0.05) is 11.8 Å². The highest BCUT2D eigenvalue weighted by molar-refractivity contribution is 6.32. The van der Waals surface area contributed by atoms with E-state index in [1.807, 2.05) is 30.3 Å². The zero-order valence-corrected chi connectivity index (χ0v) is 16.4. The lowest BCUT2D eigenvalue weighted by Crippen LogP contribution is -2.29. The smallest absolute Gasteiger partial charge is 0.338 e. The number of carbonyl (C=O) groups excluding carboxylic acids is 1. The van der Waals surface area contributed by atoms with E-state index in [0.29, 0.717) is 17.2 Å². The first-order chi connectivity index (χ1) is 14.5. The van der Waals surface area contributed by atoms with E-state index < -0.39 is 16.9 Å². The van der Waals surface area contributed by atoms with Crippen LogP contribution in [0.25, 0.3) is 0 Å². The molecule has 0 saturated heterocycles. The van der Waals surface area contributed by atoms with Crippen molar-refractivity contribution in [2.75, 3.05) is 5.32 Å². The Morgan fingerprint density at radius 2 is 2.07 bits per heavy atom. The number of rotatable bonds is 5. The number of nitrogens with one attached hydrogen (secondary N) is 1. The molecule has 11 heteroatoms. The van der Waals surface area contributed by atoms with Crippen LogP contribution in [0.1, 0.15) is 24.1 Å². The number of nitrogens with zero attached hydrogens (tertiary/aromatic N) is 5. The number of benzene rings is 2. The van der Waals surface area contributed by atoms with Crippen LogP contribution in [0, 0.1) is 10.1 Å². The first kappa shape index (κ1) is 19.5. The predicted molar refractivity (Wildman–Crippen MR) is 107 cm³/mol. The number of tetrazole rings is 1. The van der Waals surface area contributed by atoms with Gasteiger partial charge in [-0.25, -0.2) is 4.79 Å². The molecule has 2 heterocycles. The van der Waals surface area contributed by atoms with Gasteiger partial charge in [-0.3, -0.25) is 10.1 Å². The van der Waals surface area contributed by atoms with Gasteiger partial charge in [0.1, 0.15) is 17.7 Å². The van der Waals surface area contributed by atoms with Gasteiger partial charge in [0.2, 0.25) is 5.95 Å². The second-order valence-corrected chi connectivity index (χ2v) is 6.95. The maximum absolute atomic E-state index is 13.0. The fourth-order valence-corrected chi connectivity index (χ4v) is 3.41. The van der Waals surface area contributed by atoms with Crippen molar-refractivity contribution >= 4 is 29.2 Å². The third kappa shape index (κ3) is 3.60. The molecular weight excluding hydrogens is 412 g/mol. The lowest BCUT2D eigenvalue weighted by molar-refractivity contribution is -0.384. The molecule has 1 unspecified atom stereocenters. The monoisotopic (exact) mass is 426 g/mol. The van der Waals surface area contributed by atoms with Crippen LogP contribution >= 0.6 is 11.6 Å². The maximum atomic E-state index is 13.0. The number of aromatic nitrogens is 4. The number of hydrogen-bond acceptors (Lipinski definition) is 8. The van der Waals surface area contributed by atoms with E-state index in [4.69, 9.17) is 16.3 Å². The molecule has 0 spiro atoms. The zero-order chi connectivity index (χ0) is 21.3. The number of carbonyl (C=O) groups is 1. The lowest BCUT2D eigenvalue weighted by atomic mass is 9.95. The summed E-state index contributed by atoms with van der Waals surface area (Å²) in [6.07, 6.45) is 0. The zero-order valence-electron chi connectivity index (χ0n) is 15.7. The summed E-state index contributed by atoms with van der Waals surface area (Å²) in [6.45, 7) is 1.76. The normalized spacial score (nSPS) is 15.3. The summed E-state index contributed by atoms with van der Waals surface area (Å²) in [5.74, 6) is -0.290. The third-order valence-electron chi connectivity index (χ3n) is 4.63. The van der Waals surface area contributed by atoms with Crippen molar-refractivity contribution in [2.24, 2.45) is 0 Å². The minimum Gasteiger partial charge on any atom is -0.457 e. The van der Waals surface area contributed by atoms with E-state index in [2.05, 4.69) is 20.8 Å². The molecule has 0 amide bonds. The summed E-state index contributed by atoms with van der Waals surface area (Å²) >= 11 is 5.95. The molecule has 0 fully saturated rings. The molecule has 0 bridgehead atoms. The molecule has 3 aromatic rings. The van der Waals surface area contributed by atoms with E-state index in [9.17, 15) is 14.9 Å². The Hall–Kier alpha value is -3.79. The topological polar surface area (TPSA) is 125 Å². The van der Waals surface area contributed by atoms with Gasteiger partial charge in [0.15, 0.2) is 0 Å². The quantitative estimate of drug-likeness (QED) is 0.374. The Morgan fingerprint density at radius 3 is 2.80 bits per heavy atom. The molecule has 4 rings (SSSR count). The lowest BCUT2D eigenvalue weighted by Gasteiger charge is -2.27. The van der Waals surface area contributed by atoms with Crippen molar-refractivity contribution in [1.82, 2.24) is 20.2 Å². The second-order valence-electron chi connectivity index (χ2n) is 6.54. The summed E-state index contributed by atoms with van der Waals surface area (Å²) in [6, 6.07) is 12.7. The van der Waals surface area contributed by atoms with Crippen LogP contribution in [0.5, 0.6) is 0 Å². The molecule has 1 aliphatic rings. The highest BCUT2D eigenvalue weighted by Gasteiger charge is 2.36. The minimum absolute atomic E-state index is 0.0106. The molecule has 1 atom stereocenters. The number of hydrogen-bond donors (Lipinski definition) is 1. The standard InChI is InChI=1S/C19H15ClN6O4/c1-11-16(18(27)30-10-12-5-3-2-4-6-12)17(25-19(21-11)22-23-24-25)13-7-8-14(20)15(9-13)26(28)29/h2-9,17H,10H2,1H3,(H,21,22,24). The first-order valence-corrected chi connectivity index (χ1v) is 9.24. The highest BCUT2D eigenvalue weighted by atomic mass is 35.5. The van der Waals surface area contributed by atoms with Gasteiger partial charge in [0.25, 0.3) is 5.69 Å². The number of nitro benzene ring substituents is 1. The molecular formula is C19H15ClN6O4. The Kier molecular flexibility index (Phi) is 5.15. The third-order valence-corrected chi connectivity index (χ3v) is 4.95. The molecule has 10 nitrogen and oxygen atoms in total. The van der Waals surface area contributed by atoms with Crippen LogP contribution < -0.4 is 5.32 Å². The van der Waals surface area contributed by atoms with E-state index in [0.717, 1.165) is 5.56 Å². The van der Waals surface area contributed by atoms with Gasteiger partial charge < -0.3 is 10.1 Å². The number of nitro groups is 1. The Balaban J connectivity index is 1.73. The largest absolute Gasteiger partial charge is 0.457 e. The fourth-order valence-electron chi connectivity index (χ4n) is 3.23. The van der Waals surface area contributed by atoms with Crippen molar-refractivity contribution in [2.45, 2.75) is 19.6 Å². The van der Waals surface area contributed by atoms with Crippen LogP contribution in [0.4, 0.5) is 11.6 Å². The number of fused-ring (bicyclic) bond motifs is 1. The Bertz CT molecular complexity index is 1160. The van der Waals surface area contributed by atoms with Gasteiger partial charge in [0.05, 0.1) is 10.5 Å². The molecule has 0 saturated carbocycles. The van der Waals surface area contributed by atoms with Gasteiger partial charge in [-0.05, 0) is 34.5 Å². The number of esters is 1. The van der Waals surface area contributed by atoms with Crippen molar-refractivity contribution in [3.05, 3.63) is 86.1 Å². The van der Waals surface area contributed by atoms with Crippen molar-refractivity contribution in [3.63, 3.8) is 0 Å². The summed E-state index contributed by atoms with van der Waals surface area (Å²) in [5, 5.41) is 25.8. The van der Waals surface area contributed by atoms with Gasteiger partial charge in [-0.15, -0.1) is 0 Å². The highest BCUT2D eigenvalue weighted by Crippen LogP contribution is 2.37. The van der Waals surface area contributed by atoms with E-state index in [1.165, 1.54) is 16.8 Å². The molecule has 152 valence electrons. The van der Waals surface area contributed by atoms with E-state index >= 15 is 0 Å². The summed E-state index contributed by atoms with van der Waals surface area (Å²) < 4.78 is 6.88. The molecule has 1 aromatic heterocycles. The number of anilines is 1. The Labute approximate surface area is 175 Å². The fraction of sp³-hybridized carbons (Fsp3) is 0.158. The first-order valence-electron chi connectivity index (χ1n) is 8.86. The van der Waals surface area contributed by atoms with Gasteiger partial charge in [-0.1, -0.05) is 53.1 Å². The predicted octanol–water partition coefficient (Wildman–Crippen LogP) is 3.27. The van der Waals surface area contributed by atoms with Crippen LogP contribution in [-0.2, 0) is 16.1 Å². The van der Waals surface area contributed by atoms with E-state index in [-0.39, 0.29) is 22.9 Å². The SMILES string of the molecule is CC1=C(C(=O)OCc2ccccc2)C(c2ccc(Cl)c([N+](=O)[O-])c2)n2nnnc2N1. The van der Waals surface area contributed by atoms with Gasteiger partial charge in [-0.2, -0.15) is 4.68 Å². The molecule has 0 radical (unpaired) electrons. The summed E-state index contributed by atoms with van der Waals surface area (Å²) in [7, 11) is 0. The van der Waals surface area contributed by atoms with Crippen molar-refractivity contribution in [1.29, 1.82) is 0 Å². The Morgan fingerprint density at radius 1 is 1.30 bits per heavy atom. The average Bonchev–Trinajstić information content (AvgIpc) is 3.20. The summed E-state index contributed by atoms with van der Waals surface area (Å²) in [4.78, 5) is 23.8. The second kappa shape index (κ2) is 7.91. The molecule has 2 aromatic carbocycles. The molecule has 30 heavy (non-hydrogen) atoms. The van der Waals surface area contributed by atoms with Crippen LogP contribution in [0.2, 0.25) is 5.02 Å². The molecule has 0 aliphatic carbocycles. The van der Waals surface area contributed by atoms with Gasteiger partial charge >= 0.3 is 5.97 Å². The molecule has 1 N–H and O–H groups in total. The number of ether oxygens (including phenoxy) is 1. The molecule has 1 aliphatic heterocycles. The summed E-state index contributed by atoms with van der Waals surface area (Å²) in [5.41, 5.74) is 1.69. The number of halogens is 1. The average molecular weight is 427 g/mol. The minimum atomic E-state index is -0.824. The van der Waals surface area contributed by atoms with Crippen LogP contribution in [-0.4, -0.2) is 31.1 Å². The van der Waals surface area contributed by atoms with Crippen molar-refractivity contribution in [3.8, 4) is 0 Å². The number of allylic oxidation sites excluding steroid dienone is 1. The van der Waals surface area contributed by atoms with Crippen LogP contribution in [0.3, 0.4) is 0 Å².